The smallest absolute Gasteiger partial charge is 0.367 e. The summed E-state index contributed by atoms with van der Waals surface area (Å²) in [5.41, 5.74) is -0.630. The molecule has 15 heteroatoms. The second-order valence-electron chi connectivity index (χ2n) is 8.05. The molecule has 192 valence electrons. The van der Waals surface area contributed by atoms with Crippen molar-refractivity contribution in [1.82, 2.24) is 29.6 Å². The fourth-order valence-electron chi connectivity index (χ4n) is 3.74. The number of carbonyl (C=O) groups excluding carboxylic acids is 1. The van der Waals surface area contributed by atoms with E-state index in [9.17, 15) is 26.7 Å². The third-order valence-corrected chi connectivity index (χ3v) is 5.61. The van der Waals surface area contributed by atoms with Crippen LogP contribution in [0.15, 0.2) is 36.9 Å². The Morgan fingerprint density at radius 2 is 1.97 bits per heavy atom. The van der Waals surface area contributed by atoms with Gasteiger partial charge < -0.3 is 15.0 Å². The standard InChI is InChI=1S/C21H19ClF5N7O2/c1-11-15(6-30-17-8-29-16(7-31-17)21(25,26)27)34(10-20(23,24)36-11)19(35)18-13(9-33(2)32-18)14-4-3-12(22)5-28-14/h3-5,7-9,11,15H,6,10H2,1-2H3,(H,30,31). The number of carbonyl (C=O) groups is 1. The third kappa shape index (κ3) is 5.54. The van der Waals surface area contributed by atoms with E-state index in [1.54, 1.807) is 19.2 Å². The van der Waals surface area contributed by atoms with Crippen molar-refractivity contribution in [3.8, 4) is 11.3 Å². The Labute approximate surface area is 206 Å². The lowest BCUT2D eigenvalue weighted by Gasteiger charge is -2.43. The molecular formula is C21H19ClF5N7O2. The molecule has 1 fully saturated rings. The number of nitrogens with zero attached hydrogens (tertiary/aromatic N) is 6. The molecule has 2 atom stereocenters. The van der Waals surface area contributed by atoms with Crippen LogP contribution in [0.4, 0.5) is 27.8 Å². The lowest BCUT2D eigenvalue weighted by Crippen LogP contribution is -2.61. The fourth-order valence-corrected chi connectivity index (χ4v) is 3.85. The second-order valence-corrected chi connectivity index (χ2v) is 8.49. The Balaban J connectivity index is 1.60. The van der Waals surface area contributed by atoms with E-state index in [0.717, 1.165) is 11.1 Å². The number of nitrogens with one attached hydrogen (secondary N) is 1. The number of rotatable bonds is 5. The first-order valence-electron chi connectivity index (χ1n) is 10.5. The van der Waals surface area contributed by atoms with Crippen molar-refractivity contribution in [3.63, 3.8) is 0 Å². The van der Waals surface area contributed by atoms with E-state index < -0.39 is 42.6 Å². The fraction of sp³-hybridized carbons (Fsp3) is 0.381. The zero-order chi connectivity index (χ0) is 26.3. The van der Waals surface area contributed by atoms with Crippen molar-refractivity contribution in [2.45, 2.75) is 31.4 Å². The van der Waals surface area contributed by atoms with Crippen LogP contribution in [0.5, 0.6) is 0 Å². The van der Waals surface area contributed by atoms with E-state index in [1.807, 2.05) is 0 Å². The molecule has 0 aromatic carbocycles. The summed E-state index contributed by atoms with van der Waals surface area (Å²) in [5, 5.41) is 7.26. The molecule has 1 aliphatic rings. The molecule has 1 N–H and O–H groups in total. The molecule has 4 rings (SSSR count). The van der Waals surface area contributed by atoms with Crippen molar-refractivity contribution >= 4 is 23.3 Å². The third-order valence-electron chi connectivity index (χ3n) is 5.39. The number of alkyl halides is 5. The van der Waals surface area contributed by atoms with Crippen LogP contribution in [-0.2, 0) is 18.0 Å². The Hall–Kier alpha value is -3.39. The van der Waals surface area contributed by atoms with E-state index in [4.69, 9.17) is 16.3 Å². The van der Waals surface area contributed by atoms with Crippen LogP contribution < -0.4 is 5.32 Å². The topological polar surface area (TPSA) is 98.1 Å². The van der Waals surface area contributed by atoms with Gasteiger partial charge in [0, 0.05) is 26.0 Å². The van der Waals surface area contributed by atoms with Gasteiger partial charge in [0.05, 0.1) is 40.8 Å². The largest absolute Gasteiger partial charge is 0.434 e. The molecule has 0 bridgehead atoms. The highest BCUT2D eigenvalue weighted by atomic mass is 35.5. The maximum atomic E-state index is 14.3. The Morgan fingerprint density at radius 3 is 2.58 bits per heavy atom. The maximum absolute atomic E-state index is 14.3. The molecule has 0 saturated carbocycles. The lowest BCUT2D eigenvalue weighted by atomic mass is 10.1. The number of amides is 1. The summed E-state index contributed by atoms with van der Waals surface area (Å²) < 4.78 is 73.0. The van der Waals surface area contributed by atoms with Gasteiger partial charge in [-0.15, -0.1) is 0 Å². The summed E-state index contributed by atoms with van der Waals surface area (Å²) in [6.07, 6.45) is -5.13. The summed E-state index contributed by atoms with van der Waals surface area (Å²) in [6.45, 7) is 0.133. The maximum Gasteiger partial charge on any atom is 0.434 e. The first-order valence-corrected chi connectivity index (χ1v) is 10.9. The predicted octanol–water partition coefficient (Wildman–Crippen LogP) is 3.88. The van der Waals surface area contributed by atoms with Gasteiger partial charge in [-0.05, 0) is 19.1 Å². The zero-order valence-corrected chi connectivity index (χ0v) is 19.6. The molecule has 9 nitrogen and oxygen atoms in total. The van der Waals surface area contributed by atoms with Crippen LogP contribution in [-0.4, -0.2) is 66.9 Å². The van der Waals surface area contributed by atoms with E-state index in [0.29, 0.717) is 22.5 Å². The van der Waals surface area contributed by atoms with Crippen molar-refractivity contribution in [1.29, 1.82) is 0 Å². The van der Waals surface area contributed by atoms with Crippen LogP contribution >= 0.6 is 11.6 Å². The van der Waals surface area contributed by atoms with E-state index in [1.165, 1.54) is 24.0 Å². The normalized spacial score (nSPS) is 19.8. The number of aryl methyl sites for hydroxylation is 1. The Bertz CT molecular complexity index is 1230. The molecule has 2 unspecified atom stereocenters. The molecular weight excluding hydrogens is 513 g/mol. The molecule has 0 radical (unpaired) electrons. The molecule has 4 heterocycles. The van der Waals surface area contributed by atoms with E-state index in [2.05, 4.69) is 25.4 Å². The molecule has 3 aromatic heterocycles. The highest BCUT2D eigenvalue weighted by Gasteiger charge is 2.48. The molecule has 0 spiro atoms. The number of hydrogen-bond acceptors (Lipinski definition) is 7. The number of pyridine rings is 1. The quantitative estimate of drug-likeness (QED) is 0.499. The first-order chi connectivity index (χ1) is 16.8. The lowest BCUT2D eigenvalue weighted by molar-refractivity contribution is -0.298. The molecule has 1 amide bonds. The molecule has 1 aliphatic heterocycles. The van der Waals surface area contributed by atoms with Gasteiger partial charge in [-0.3, -0.25) is 14.5 Å². The van der Waals surface area contributed by atoms with Gasteiger partial charge >= 0.3 is 12.3 Å². The first kappa shape index (κ1) is 25.7. The minimum atomic E-state index is -4.66. The number of aromatic nitrogens is 5. The summed E-state index contributed by atoms with van der Waals surface area (Å²) in [5.74, 6) is -0.841. The molecule has 0 aliphatic carbocycles. The number of anilines is 1. The van der Waals surface area contributed by atoms with E-state index >= 15 is 0 Å². The van der Waals surface area contributed by atoms with Gasteiger partial charge in [0.15, 0.2) is 11.4 Å². The van der Waals surface area contributed by atoms with E-state index in [-0.39, 0.29) is 18.1 Å². The highest BCUT2D eigenvalue weighted by Crippen LogP contribution is 2.32. The van der Waals surface area contributed by atoms with Crippen LogP contribution in [0.25, 0.3) is 11.3 Å². The van der Waals surface area contributed by atoms with Crippen molar-refractivity contribution in [2.24, 2.45) is 7.05 Å². The van der Waals surface area contributed by atoms with Crippen LogP contribution in [0.2, 0.25) is 5.02 Å². The van der Waals surface area contributed by atoms with Crippen molar-refractivity contribution in [3.05, 3.63) is 53.3 Å². The summed E-state index contributed by atoms with van der Waals surface area (Å²) >= 11 is 5.88. The van der Waals surface area contributed by atoms with Crippen molar-refractivity contribution < 1.29 is 31.5 Å². The Morgan fingerprint density at radius 1 is 1.22 bits per heavy atom. The average Bonchev–Trinajstić information content (AvgIpc) is 3.19. The highest BCUT2D eigenvalue weighted by molar-refractivity contribution is 6.30. The van der Waals surface area contributed by atoms with Gasteiger partial charge in [0.25, 0.3) is 5.91 Å². The Kier molecular flexibility index (Phi) is 6.84. The molecule has 1 saturated heterocycles. The van der Waals surface area contributed by atoms with Crippen molar-refractivity contribution in [2.75, 3.05) is 18.4 Å². The van der Waals surface area contributed by atoms with Crippen LogP contribution in [0, 0.1) is 0 Å². The zero-order valence-electron chi connectivity index (χ0n) is 18.8. The van der Waals surface area contributed by atoms with Crippen LogP contribution in [0.1, 0.15) is 23.1 Å². The van der Waals surface area contributed by atoms with Gasteiger partial charge in [0.1, 0.15) is 12.4 Å². The number of ether oxygens (including phenoxy) is 1. The second kappa shape index (κ2) is 9.58. The summed E-state index contributed by atoms with van der Waals surface area (Å²) in [4.78, 5) is 25.6. The van der Waals surface area contributed by atoms with Gasteiger partial charge in [0.2, 0.25) is 0 Å². The molecule has 36 heavy (non-hydrogen) atoms. The average molecular weight is 532 g/mol. The number of halogens is 6. The van der Waals surface area contributed by atoms with Crippen LogP contribution in [0.3, 0.4) is 0 Å². The number of morpholine rings is 1. The molecule has 3 aromatic rings. The van der Waals surface area contributed by atoms with Gasteiger partial charge in [-0.1, -0.05) is 11.6 Å². The minimum Gasteiger partial charge on any atom is -0.367 e. The summed E-state index contributed by atoms with van der Waals surface area (Å²) in [6, 6.07) is 2.18. The summed E-state index contributed by atoms with van der Waals surface area (Å²) in [7, 11) is 1.56. The predicted molar refractivity (Wildman–Crippen MR) is 117 cm³/mol. The van der Waals surface area contributed by atoms with Gasteiger partial charge in [-0.2, -0.15) is 27.1 Å². The number of hydrogen-bond donors (Lipinski definition) is 1. The van der Waals surface area contributed by atoms with Gasteiger partial charge in [-0.25, -0.2) is 9.97 Å². The monoisotopic (exact) mass is 531 g/mol. The minimum absolute atomic E-state index is 0.0381. The SMILES string of the molecule is CC1OC(F)(F)CN(C(=O)c2nn(C)cc2-c2ccc(Cl)cn2)C1CNc1cnc(C(F)(F)F)cn1.